The highest BCUT2D eigenvalue weighted by molar-refractivity contribution is 7.92. The smallest absolute Gasteiger partial charge is 0.245 e. The molecule has 0 bridgehead atoms. The molecular weight excluding hydrogens is 464 g/mol. The van der Waals surface area contributed by atoms with E-state index in [0.29, 0.717) is 37.6 Å². The third kappa shape index (κ3) is 6.11. The molecule has 0 atom stereocenters. The Morgan fingerprint density at radius 2 is 1.58 bits per heavy atom. The summed E-state index contributed by atoms with van der Waals surface area (Å²) in [6.07, 6.45) is 1.05. The van der Waals surface area contributed by atoms with Crippen LogP contribution in [0.3, 0.4) is 0 Å². The lowest BCUT2D eigenvalue weighted by atomic mass is 10.2. The molecule has 1 fully saturated rings. The van der Waals surface area contributed by atoms with E-state index in [2.05, 4.69) is 10.2 Å². The molecule has 11 heteroatoms. The molecule has 0 spiro atoms. The predicted molar refractivity (Wildman–Crippen MR) is 129 cm³/mol. The van der Waals surface area contributed by atoms with Crippen LogP contribution in [0.25, 0.3) is 0 Å². The van der Waals surface area contributed by atoms with E-state index in [0.717, 1.165) is 22.7 Å². The maximum absolute atomic E-state index is 12.9. The van der Waals surface area contributed by atoms with Gasteiger partial charge in [0.05, 0.1) is 16.8 Å². The Labute approximate surface area is 196 Å². The average molecular weight is 495 g/mol. The van der Waals surface area contributed by atoms with Gasteiger partial charge in [-0.05, 0) is 49.4 Å². The summed E-state index contributed by atoms with van der Waals surface area (Å²) in [6.45, 7) is 6.58. The van der Waals surface area contributed by atoms with Gasteiger partial charge in [-0.15, -0.1) is 0 Å². The van der Waals surface area contributed by atoms with E-state index in [1.807, 2.05) is 6.92 Å². The number of nitrogens with zero attached hydrogens (tertiary/aromatic N) is 3. The van der Waals surface area contributed by atoms with Crippen molar-refractivity contribution in [1.82, 2.24) is 9.21 Å². The van der Waals surface area contributed by atoms with Gasteiger partial charge in [0.2, 0.25) is 26.0 Å². The monoisotopic (exact) mass is 494 g/mol. The number of anilines is 2. The highest BCUT2D eigenvalue weighted by Gasteiger charge is 2.28. The van der Waals surface area contributed by atoms with Gasteiger partial charge in [-0.3, -0.25) is 9.10 Å². The zero-order valence-electron chi connectivity index (χ0n) is 19.1. The Morgan fingerprint density at radius 3 is 2.12 bits per heavy atom. The molecule has 0 unspecified atom stereocenters. The molecule has 1 aliphatic rings. The Bertz CT molecular complexity index is 1190. The van der Waals surface area contributed by atoms with Gasteiger partial charge in [0.25, 0.3) is 0 Å². The maximum atomic E-state index is 12.9. The molecule has 180 valence electrons. The summed E-state index contributed by atoms with van der Waals surface area (Å²) in [5.74, 6) is -0.532. The summed E-state index contributed by atoms with van der Waals surface area (Å²) in [4.78, 5) is 14.9. The number of carbonyl (C=O) groups excluding carboxylic acids is 1. The molecule has 3 rings (SSSR count). The van der Waals surface area contributed by atoms with Crippen LogP contribution in [-0.2, 0) is 24.8 Å². The van der Waals surface area contributed by atoms with Gasteiger partial charge in [0.1, 0.15) is 6.54 Å². The molecule has 1 saturated heterocycles. The quantitative estimate of drug-likeness (QED) is 0.599. The first-order valence-corrected chi connectivity index (χ1v) is 14.0. The fourth-order valence-electron chi connectivity index (χ4n) is 3.70. The van der Waals surface area contributed by atoms with Gasteiger partial charge in [0.15, 0.2) is 0 Å². The zero-order chi connectivity index (χ0) is 24.2. The molecule has 0 saturated carbocycles. The summed E-state index contributed by atoms with van der Waals surface area (Å²) in [5, 5.41) is 2.65. The van der Waals surface area contributed by atoms with Crippen molar-refractivity contribution >= 4 is 37.3 Å². The van der Waals surface area contributed by atoms with E-state index in [9.17, 15) is 21.6 Å². The number of aryl methyl sites for hydroxylation is 1. The van der Waals surface area contributed by atoms with Gasteiger partial charge in [-0.25, -0.2) is 16.8 Å². The van der Waals surface area contributed by atoms with Crippen molar-refractivity contribution in [3.8, 4) is 0 Å². The molecule has 1 N–H and O–H groups in total. The summed E-state index contributed by atoms with van der Waals surface area (Å²) < 4.78 is 52.9. The van der Waals surface area contributed by atoms with Crippen LogP contribution in [-0.4, -0.2) is 77.5 Å². The van der Waals surface area contributed by atoms with Crippen molar-refractivity contribution in [2.75, 3.05) is 55.1 Å². The lowest BCUT2D eigenvalue weighted by molar-refractivity contribution is -0.114. The normalized spacial score (nSPS) is 15.8. The lowest BCUT2D eigenvalue weighted by Crippen LogP contribution is -2.48. The first-order valence-electron chi connectivity index (χ1n) is 10.7. The van der Waals surface area contributed by atoms with Gasteiger partial charge < -0.3 is 10.2 Å². The molecular formula is C22H30N4O5S2. The van der Waals surface area contributed by atoms with E-state index in [4.69, 9.17) is 0 Å². The van der Waals surface area contributed by atoms with Crippen molar-refractivity contribution in [2.24, 2.45) is 0 Å². The van der Waals surface area contributed by atoms with E-state index in [1.54, 1.807) is 31.2 Å². The zero-order valence-corrected chi connectivity index (χ0v) is 20.7. The first-order chi connectivity index (χ1) is 15.5. The minimum absolute atomic E-state index is 0.156. The molecule has 1 aliphatic heterocycles. The highest BCUT2D eigenvalue weighted by Crippen LogP contribution is 2.23. The predicted octanol–water partition coefficient (Wildman–Crippen LogP) is 1.73. The van der Waals surface area contributed by atoms with Gasteiger partial charge in [-0.1, -0.05) is 25.1 Å². The number of carbonyl (C=O) groups is 1. The van der Waals surface area contributed by atoms with Crippen molar-refractivity contribution in [3.05, 3.63) is 54.1 Å². The van der Waals surface area contributed by atoms with Crippen LogP contribution < -0.4 is 9.62 Å². The van der Waals surface area contributed by atoms with Crippen molar-refractivity contribution in [3.63, 3.8) is 0 Å². The topological polar surface area (TPSA) is 107 Å². The Balaban J connectivity index is 1.69. The third-order valence-corrected chi connectivity index (χ3v) is 8.67. The summed E-state index contributed by atoms with van der Waals surface area (Å²) in [5.41, 5.74) is 1.54. The van der Waals surface area contributed by atoms with Crippen LogP contribution in [0.5, 0.6) is 0 Å². The minimum Gasteiger partial charge on any atom is -0.325 e. The first kappa shape index (κ1) is 25.2. The van der Waals surface area contributed by atoms with Gasteiger partial charge in [0, 0.05) is 31.9 Å². The second kappa shape index (κ2) is 10.2. The Kier molecular flexibility index (Phi) is 7.78. The van der Waals surface area contributed by atoms with Crippen LogP contribution in [0, 0.1) is 6.92 Å². The summed E-state index contributed by atoms with van der Waals surface area (Å²) in [7, 11) is -7.30. The highest BCUT2D eigenvalue weighted by atomic mass is 32.2. The van der Waals surface area contributed by atoms with E-state index in [1.165, 1.54) is 28.6 Å². The maximum Gasteiger partial charge on any atom is 0.245 e. The molecule has 2 aromatic carbocycles. The number of benzene rings is 2. The van der Waals surface area contributed by atoms with Crippen molar-refractivity contribution in [2.45, 2.75) is 18.7 Å². The molecule has 2 aromatic rings. The fourth-order valence-corrected chi connectivity index (χ4v) is 6.04. The number of likely N-dealkylation sites (N-methyl/N-ethyl adjacent to an activating group) is 1. The molecule has 33 heavy (non-hydrogen) atoms. The molecule has 0 aromatic heterocycles. The summed E-state index contributed by atoms with van der Waals surface area (Å²) in [6, 6.07) is 12.8. The van der Waals surface area contributed by atoms with E-state index in [-0.39, 0.29) is 4.90 Å². The van der Waals surface area contributed by atoms with Crippen LogP contribution in [0.1, 0.15) is 12.5 Å². The molecule has 0 aliphatic carbocycles. The largest absolute Gasteiger partial charge is 0.325 e. The van der Waals surface area contributed by atoms with Crippen LogP contribution in [0.15, 0.2) is 53.4 Å². The Morgan fingerprint density at radius 1 is 0.970 bits per heavy atom. The third-order valence-electron chi connectivity index (χ3n) is 5.63. The number of nitrogens with one attached hydrogen (secondary N) is 1. The number of amides is 1. The minimum atomic E-state index is -3.69. The number of sulfonamides is 2. The van der Waals surface area contributed by atoms with Gasteiger partial charge >= 0.3 is 0 Å². The number of hydrogen-bond donors (Lipinski definition) is 1. The molecule has 1 amide bonds. The lowest BCUT2D eigenvalue weighted by Gasteiger charge is -2.33. The number of hydrogen-bond acceptors (Lipinski definition) is 6. The fraction of sp³-hybridized carbons (Fsp3) is 0.409. The van der Waals surface area contributed by atoms with Crippen molar-refractivity contribution in [1.29, 1.82) is 0 Å². The number of para-hydroxylation sites is 1. The second-order valence-corrected chi connectivity index (χ2v) is 11.8. The standard InChI is InChI=1S/C22H30N4O5S2/c1-4-24-13-15-25(16-14-24)33(30,31)20-11-9-19(10-12-20)23-22(27)17-26(32(3,28)29)21-8-6-5-7-18(21)2/h5-12H,4,13-17H2,1-3H3,(H,23,27). The number of piperazine rings is 1. The van der Waals surface area contributed by atoms with Gasteiger partial charge in [-0.2, -0.15) is 4.31 Å². The number of rotatable bonds is 8. The van der Waals surface area contributed by atoms with Crippen LogP contribution in [0.2, 0.25) is 0 Å². The van der Waals surface area contributed by atoms with E-state index >= 15 is 0 Å². The SMILES string of the molecule is CCN1CCN(S(=O)(=O)c2ccc(NC(=O)CN(c3ccccc3C)S(C)(=O)=O)cc2)CC1. The average Bonchev–Trinajstić information content (AvgIpc) is 2.78. The second-order valence-electron chi connectivity index (χ2n) is 7.97. The molecule has 1 heterocycles. The summed E-state index contributed by atoms with van der Waals surface area (Å²) >= 11 is 0. The van der Waals surface area contributed by atoms with Crippen LogP contribution >= 0.6 is 0 Å². The van der Waals surface area contributed by atoms with Crippen molar-refractivity contribution < 1.29 is 21.6 Å². The Hall–Kier alpha value is -2.47. The van der Waals surface area contributed by atoms with Crippen LogP contribution in [0.4, 0.5) is 11.4 Å². The molecule has 9 nitrogen and oxygen atoms in total. The molecule has 0 radical (unpaired) electrons. The van der Waals surface area contributed by atoms with E-state index < -0.39 is 32.5 Å².